The van der Waals surface area contributed by atoms with E-state index in [1.54, 1.807) is 6.07 Å². The first kappa shape index (κ1) is 11.5. The molecule has 0 aliphatic heterocycles. The van der Waals surface area contributed by atoms with Crippen LogP contribution < -0.4 is 0 Å². The third-order valence-electron chi connectivity index (χ3n) is 2.32. The minimum absolute atomic E-state index is 0.329. The predicted octanol–water partition coefficient (Wildman–Crippen LogP) is 3.00. The molecule has 2 nitrogen and oxygen atoms in total. The van der Waals surface area contributed by atoms with Gasteiger partial charge in [0.1, 0.15) is 5.75 Å². The first-order chi connectivity index (χ1) is 6.67. The smallest absolute Gasteiger partial charge is 0.115 e. The third kappa shape index (κ3) is 3.00. The molecule has 0 heterocycles. The van der Waals surface area contributed by atoms with E-state index in [2.05, 4.69) is 34.7 Å². The van der Waals surface area contributed by atoms with E-state index < -0.39 is 0 Å². The van der Waals surface area contributed by atoms with Crippen LogP contribution in [0.3, 0.4) is 0 Å². The second-order valence-electron chi connectivity index (χ2n) is 3.24. The van der Waals surface area contributed by atoms with Crippen LogP contribution >= 0.6 is 15.9 Å². The summed E-state index contributed by atoms with van der Waals surface area (Å²) < 4.78 is 1.06. The van der Waals surface area contributed by atoms with Crippen LogP contribution in [0.2, 0.25) is 0 Å². The standard InChI is InChI=1S/C11H16BrNO/c1-3-13(4-2)8-9-7-10(14)5-6-11(9)12/h5-7,14H,3-4,8H2,1-2H3. The predicted molar refractivity (Wildman–Crippen MR) is 62.4 cm³/mol. The van der Waals surface area contributed by atoms with Crippen LogP contribution in [0.4, 0.5) is 0 Å². The Morgan fingerprint density at radius 2 is 1.93 bits per heavy atom. The van der Waals surface area contributed by atoms with Crippen LogP contribution in [-0.2, 0) is 6.54 Å². The first-order valence-corrected chi connectivity index (χ1v) is 5.66. The van der Waals surface area contributed by atoms with Gasteiger partial charge in [-0.3, -0.25) is 4.90 Å². The number of rotatable bonds is 4. The van der Waals surface area contributed by atoms with Crippen molar-refractivity contribution in [3.8, 4) is 5.75 Å². The Hall–Kier alpha value is -0.540. The van der Waals surface area contributed by atoms with E-state index in [1.807, 2.05) is 12.1 Å². The van der Waals surface area contributed by atoms with Crippen molar-refractivity contribution < 1.29 is 5.11 Å². The molecule has 0 aliphatic rings. The Morgan fingerprint density at radius 3 is 2.50 bits per heavy atom. The first-order valence-electron chi connectivity index (χ1n) is 4.87. The van der Waals surface area contributed by atoms with Gasteiger partial charge in [-0.15, -0.1) is 0 Å². The molecule has 0 fully saturated rings. The summed E-state index contributed by atoms with van der Waals surface area (Å²) in [6.07, 6.45) is 0. The molecule has 0 aromatic heterocycles. The Kier molecular flexibility index (Phi) is 4.42. The van der Waals surface area contributed by atoms with Crippen LogP contribution in [0, 0.1) is 0 Å². The fourth-order valence-corrected chi connectivity index (χ4v) is 1.74. The van der Waals surface area contributed by atoms with Crippen molar-refractivity contribution in [3.05, 3.63) is 28.2 Å². The maximum absolute atomic E-state index is 9.36. The highest BCUT2D eigenvalue weighted by atomic mass is 79.9. The summed E-state index contributed by atoms with van der Waals surface area (Å²) in [4.78, 5) is 2.31. The molecule has 3 heteroatoms. The van der Waals surface area contributed by atoms with E-state index in [1.165, 1.54) is 0 Å². The molecule has 78 valence electrons. The van der Waals surface area contributed by atoms with E-state index in [0.717, 1.165) is 29.7 Å². The van der Waals surface area contributed by atoms with Crippen molar-refractivity contribution in [2.45, 2.75) is 20.4 Å². The van der Waals surface area contributed by atoms with Crippen LogP contribution in [0.5, 0.6) is 5.75 Å². The lowest BCUT2D eigenvalue weighted by Gasteiger charge is -2.18. The number of nitrogens with zero attached hydrogens (tertiary/aromatic N) is 1. The van der Waals surface area contributed by atoms with Gasteiger partial charge < -0.3 is 5.11 Å². The number of benzene rings is 1. The van der Waals surface area contributed by atoms with Gasteiger partial charge >= 0.3 is 0 Å². The normalized spacial score (nSPS) is 10.9. The van der Waals surface area contributed by atoms with Gasteiger partial charge in [0.25, 0.3) is 0 Å². The maximum Gasteiger partial charge on any atom is 0.115 e. The topological polar surface area (TPSA) is 23.5 Å². The van der Waals surface area contributed by atoms with E-state index in [0.29, 0.717) is 5.75 Å². The van der Waals surface area contributed by atoms with Crippen LogP contribution in [0.15, 0.2) is 22.7 Å². The fourth-order valence-electron chi connectivity index (χ4n) is 1.37. The van der Waals surface area contributed by atoms with Crippen molar-refractivity contribution in [1.29, 1.82) is 0 Å². The van der Waals surface area contributed by atoms with Gasteiger partial charge in [0.15, 0.2) is 0 Å². The number of phenols is 1. The summed E-state index contributed by atoms with van der Waals surface area (Å²) in [6, 6.07) is 5.38. The van der Waals surface area contributed by atoms with Crippen LogP contribution in [-0.4, -0.2) is 23.1 Å². The van der Waals surface area contributed by atoms with Crippen LogP contribution in [0.1, 0.15) is 19.4 Å². The molecular weight excluding hydrogens is 242 g/mol. The molecule has 0 unspecified atom stereocenters. The van der Waals surface area contributed by atoms with E-state index in [-0.39, 0.29) is 0 Å². The molecule has 0 radical (unpaired) electrons. The van der Waals surface area contributed by atoms with Crippen molar-refractivity contribution in [2.75, 3.05) is 13.1 Å². The molecule has 0 saturated carbocycles. The van der Waals surface area contributed by atoms with Gasteiger partial charge in [-0.1, -0.05) is 29.8 Å². The summed E-state index contributed by atoms with van der Waals surface area (Å²) in [6.45, 7) is 7.21. The second-order valence-corrected chi connectivity index (χ2v) is 4.09. The molecule has 0 amide bonds. The number of aromatic hydroxyl groups is 1. The molecule has 0 aliphatic carbocycles. The molecule has 0 spiro atoms. The number of phenolic OH excluding ortho intramolecular Hbond substituents is 1. The lowest BCUT2D eigenvalue weighted by molar-refractivity contribution is 0.295. The average Bonchev–Trinajstić information content (AvgIpc) is 2.19. The summed E-state index contributed by atoms with van der Waals surface area (Å²) in [5, 5.41) is 9.36. The van der Waals surface area contributed by atoms with Gasteiger partial charge in [0, 0.05) is 11.0 Å². The molecule has 0 atom stereocenters. The van der Waals surface area contributed by atoms with Crippen molar-refractivity contribution in [1.82, 2.24) is 4.90 Å². The lowest BCUT2D eigenvalue weighted by atomic mass is 10.2. The Bertz CT molecular complexity index is 297. The molecule has 0 saturated heterocycles. The molecule has 1 N–H and O–H groups in total. The Balaban J connectivity index is 2.79. The summed E-state index contributed by atoms with van der Waals surface area (Å²) in [5.74, 6) is 0.329. The highest BCUT2D eigenvalue weighted by molar-refractivity contribution is 9.10. The number of hydrogen-bond donors (Lipinski definition) is 1. The quantitative estimate of drug-likeness (QED) is 0.897. The van der Waals surface area contributed by atoms with E-state index in [9.17, 15) is 5.11 Å². The zero-order chi connectivity index (χ0) is 10.6. The largest absolute Gasteiger partial charge is 0.508 e. The third-order valence-corrected chi connectivity index (χ3v) is 3.09. The van der Waals surface area contributed by atoms with E-state index in [4.69, 9.17) is 0 Å². The number of hydrogen-bond acceptors (Lipinski definition) is 2. The maximum atomic E-state index is 9.36. The molecule has 0 bridgehead atoms. The zero-order valence-electron chi connectivity index (χ0n) is 8.63. The Morgan fingerprint density at radius 1 is 1.29 bits per heavy atom. The fraction of sp³-hybridized carbons (Fsp3) is 0.455. The minimum Gasteiger partial charge on any atom is -0.508 e. The molecule has 1 aromatic rings. The van der Waals surface area contributed by atoms with Gasteiger partial charge in [-0.05, 0) is 36.9 Å². The highest BCUT2D eigenvalue weighted by Crippen LogP contribution is 2.22. The summed E-state index contributed by atoms with van der Waals surface area (Å²) >= 11 is 3.48. The van der Waals surface area contributed by atoms with Crippen molar-refractivity contribution >= 4 is 15.9 Å². The molecule has 1 rings (SSSR count). The zero-order valence-corrected chi connectivity index (χ0v) is 10.2. The van der Waals surface area contributed by atoms with Gasteiger partial charge in [-0.25, -0.2) is 0 Å². The van der Waals surface area contributed by atoms with Gasteiger partial charge in [-0.2, -0.15) is 0 Å². The van der Waals surface area contributed by atoms with E-state index >= 15 is 0 Å². The summed E-state index contributed by atoms with van der Waals surface area (Å²) in [5.41, 5.74) is 1.13. The van der Waals surface area contributed by atoms with Crippen LogP contribution in [0.25, 0.3) is 0 Å². The number of halogens is 1. The highest BCUT2D eigenvalue weighted by Gasteiger charge is 2.05. The average molecular weight is 258 g/mol. The molecule has 1 aromatic carbocycles. The monoisotopic (exact) mass is 257 g/mol. The van der Waals surface area contributed by atoms with Gasteiger partial charge in [0.2, 0.25) is 0 Å². The van der Waals surface area contributed by atoms with Gasteiger partial charge in [0.05, 0.1) is 0 Å². The molecular formula is C11H16BrNO. The van der Waals surface area contributed by atoms with Crippen molar-refractivity contribution in [2.24, 2.45) is 0 Å². The van der Waals surface area contributed by atoms with Crippen molar-refractivity contribution in [3.63, 3.8) is 0 Å². The minimum atomic E-state index is 0.329. The SMILES string of the molecule is CCN(CC)Cc1cc(O)ccc1Br. The lowest BCUT2D eigenvalue weighted by Crippen LogP contribution is -2.22. The molecule has 14 heavy (non-hydrogen) atoms. The second kappa shape index (κ2) is 5.37. The summed E-state index contributed by atoms with van der Waals surface area (Å²) in [7, 11) is 0. The Labute approximate surface area is 93.7 Å².